The first-order valence-corrected chi connectivity index (χ1v) is 9.56. The number of hydrogen-bond donors (Lipinski definition) is 1. The topological polar surface area (TPSA) is 50.7 Å². The van der Waals surface area contributed by atoms with E-state index in [2.05, 4.69) is 10.3 Å². The van der Waals surface area contributed by atoms with Gasteiger partial charge in [-0.25, -0.2) is 0 Å². The molecular formula is C18H18N2O2S2. The van der Waals surface area contributed by atoms with Crippen molar-refractivity contribution in [3.05, 3.63) is 59.7 Å². The SMILES string of the molecule is COc1ccc(NC(=O)c2ccc(CSC3=NCCS3)cc2)cc1. The number of nitrogens with zero attached hydrogens (tertiary/aromatic N) is 1. The summed E-state index contributed by atoms with van der Waals surface area (Å²) < 4.78 is 6.27. The van der Waals surface area contributed by atoms with E-state index >= 15 is 0 Å². The van der Waals surface area contributed by atoms with Crippen LogP contribution < -0.4 is 10.1 Å². The summed E-state index contributed by atoms with van der Waals surface area (Å²) in [5.41, 5.74) is 2.58. The Balaban J connectivity index is 1.56. The molecule has 0 saturated heterocycles. The van der Waals surface area contributed by atoms with E-state index in [1.807, 2.05) is 60.3 Å². The molecule has 124 valence electrons. The highest BCUT2D eigenvalue weighted by molar-refractivity contribution is 8.38. The van der Waals surface area contributed by atoms with Crippen LogP contribution in [0, 0.1) is 0 Å². The first-order chi connectivity index (χ1) is 11.7. The minimum absolute atomic E-state index is 0.116. The van der Waals surface area contributed by atoms with E-state index in [9.17, 15) is 4.79 Å². The van der Waals surface area contributed by atoms with Crippen molar-refractivity contribution in [1.29, 1.82) is 0 Å². The number of methoxy groups -OCH3 is 1. The molecule has 0 saturated carbocycles. The fraction of sp³-hybridized carbons (Fsp3) is 0.222. The Kier molecular flexibility index (Phi) is 5.82. The second-order valence-corrected chi connectivity index (χ2v) is 7.47. The maximum absolute atomic E-state index is 12.3. The monoisotopic (exact) mass is 358 g/mol. The number of aliphatic imine (C=N–C) groups is 1. The van der Waals surface area contributed by atoms with E-state index < -0.39 is 0 Å². The first-order valence-electron chi connectivity index (χ1n) is 7.59. The van der Waals surface area contributed by atoms with Gasteiger partial charge in [-0.05, 0) is 42.0 Å². The average Bonchev–Trinajstić information content (AvgIpc) is 3.14. The first kappa shape index (κ1) is 16.9. The minimum Gasteiger partial charge on any atom is -0.497 e. The zero-order chi connectivity index (χ0) is 16.8. The van der Waals surface area contributed by atoms with Gasteiger partial charge in [-0.3, -0.25) is 9.79 Å². The van der Waals surface area contributed by atoms with E-state index in [4.69, 9.17) is 4.74 Å². The zero-order valence-electron chi connectivity index (χ0n) is 13.3. The standard InChI is InChI=1S/C18H18N2O2S2/c1-22-16-8-6-15(7-9-16)20-17(21)14-4-2-13(3-5-14)12-24-18-19-10-11-23-18/h2-9H,10-12H2,1H3,(H,20,21). The molecule has 4 nitrogen and oxygen atoms in total. The van der Waals surface area contributed by atoms with Crippen molar-refractivity contribution in [2.24, 2.45) is 4.99 Å². The predicted octanol–water partition coefficient (Wildman–Crippen LogP) is 4.28. The Morgan fingerprint density at radius 1 is 1.21 bits per heavy atom. The fourth-order valence-corrected chi connectivity index (χ4v) is 4.14. The normalized spacial score (nSPS) is 13.5. The summed E-state index contributed by atoms with van der Waals surface area (Å²) in [5, 5.41) is 2.88. The van der Waals surface area contributed by atoms with Crippen molar-refractivity contribution < 1.29 is 9.53 Å². The lowest BCUT2D eigenvalue weighted by molar-refractivity contribution is 0.102. The van der Waals surface area contributed by atoms with Crippen LogP contribution in [0.15, 0.2) is 53.5 Å². The Labute approximate surface area is 150 Å². The van der Waals surface area contributed by atoms with Gasteiger partial charge in [0.2, 0.25) is 0 Å². The molecule has 0 aromatic heterocycles. The molecule has 0 fully saturated rings. The van der Waals surface area contributed by atoms with Gasteiger partial charge in [0.15, 0.2) is 0 Å². The smallest absolute Gasteiger partial charge is 0.255 e. The van der Waals surface area contributed by atoms with E-state index in [0.29, 0.717) is 5.56 Å². The van der Waals surface area contributed by atoms with Gasteiger partial charge in [0.05, 0.1) is 13.7 Å². The quantitative estimate of drug-likeness (QED) is 0.866. The van der Waals surface area contributed by atoms with Crippen molar-refractivity contribution in [3.8, 4) is 5.75 Å². The van der Waals surface area contributed by atoms with Crippen molar-refractivity contribution >= 4 is 39.5 Å². The molecule has 3 rings (SSSR count). The van der Waals surface area contributed by atoms with Crippen LogP contribution >= 0.6 is 23.5 Å². The third-order valence-electron chi connectivity index (χ3n) is 3.48. The number of hydrogen-bond acceptors (Lipinski definition) is 5. The van der Waals surface area contributed by atoms with Gasteiger partial charge >= 0.3 is 0 Å². The molecule has 0 unspecified atom stereocenters. The Bertz CT molecular complexity index is 728. The largest absolute Gasteiger partial charge is 0.497 e. The van der Waals surface area contributed by atoms with Crippen molar-refractivity contribution in [2.45, 2.75) is 5.75 Å². The lowest BCUT2D eigenvalue weighted by Gasteiger charge is -2.07. The molecule has 0 spiro atoms. The summed E-state index contributed by atoms with van der Waals surface area (Å²) in [6.45, 7) is 0.928. The molecule has 1 aliphatic rings. The molecule has 1 amide bonds. The van der Waals surface area contributed by atoms with Gasteiger partial charge in [0, 0.05) is 22.8 Å². The molecule has 6 heteroatoms. The van der Waals surface area contributed by atoms with Crippen molar-refractivity contribution in [2.75, 3.05) is 24.7 Å². The third-order valence-corrected chi connectivity index (χ3v) is 5.81. The molecule has 24 heavy (non-hydrogen) atoms. The van der Waals surface area contributed by atoms with Crippen LogP contribution in [-0.4, -0.2) is 29.7 Å². The molecule has 0 aliphatic carbocycles. The average molecular weight is 358 g/mol. The molecule has 1 N–H and O–H groups in total. The predicted molar refractivity (Wildman–Crippen MR) is 103 cm³/mol. The highest BCUT2D eigenvalue weighted by Gasteiger charge is 2.09. The number of nitrogens with one attached hydrogen (secondary N) is 1. The highest BCUT2D eigenvalue weighted by Crippen LogP contribution is 2.25. The summed E-state index contributed by atoms with van der Waals surface area (Å²) >= 11 is 3.57. The van der Waals surface area contributed by atoms with Gasteiger partial charge in [-0.1, -0.05) is 35.7 Å². The summed E-state index contributed by atoms with van der Waals surface area (Å²) in [6, 6.07) is 15.0. The Morgan fingerprint density at radius 3 is 2.58 bits per heavy atom. The van der Waals surface area contributed by atoms with Crippen LogP contribution in [-0.2, 0) is 5.75 Å². The van der Waals surface area contributed by atoms with E-state index in [1.54, 1.807) is 18.9 Å². The van der Waals surface area contributed by atoms with Gasteiger partial charge in [-0.2, -0.15) is 0 Å². The van der Waals surface area contributed by atoms with Crippen LogP contribution in [0.5, 0.6) is 5.75 Å². The number of carbonyl (C=O) groups excluding carboxylic acids is 1. The zero-order valence-corrected chi connectivity index (χ0v) is 15.0. The Hall–Kier alpha value is -1.92. The van der Waals surface area contributed by atoms with E-state index in [0.717, 1.165) is 33.9 Å². The Morgan fingerprint density at radius 2 is 1.96 bits per heavy atom. The molecule has 2 aromatic carbocycles. The van der Waals surface area contributed by atoms with Gasteiger partial charge in [0.25, 0.3) is 5.91 Å². The summed E-state index contributed by atoms with van der Waals surface area (Å²) in [6.07, 6.45) is 0. The molecule has 0 bridgehead atoms. The number of rotatable bonds is 5. The molecule has 0 atom stereocenters. The van der Waals surface area contributed by atoms with Crippen LogP contribution in [0.1, 0.15) is 15.9 Å². The second kappa shape index (κ2) is 8.26. The maximum Gasteiger partial charge on any atom is 0.255 e. The minimum atomic E-state index is -0.116. The number of carbonyl (C=O) groups is 1. The molecular weight excluding hydrogens is 340 g/mol. The van der Waals surface area contributed by atoms with Crippen LogP contribution in [0.2, 0.25) is 0 Å². The second-order valence-electron chi connectivity index (χ2n) is 5.16. The summed E-state index contributed by atoms with van der Waals surface area (Å²) in [4.78, 5) is 16.7. The number of thioether (sulfide) groups is 2. The third kappa shape index (κ3) is 4.55. The van der Waals surface area contributed by atoms with Gasteiger partial charge in [-0.15, -0.1) is 0 Å². The highest BCUT2D eigenvalue weighted by atomic mass is 32.2. The number of benzene rings is 2. The van der Waals surface area contributed by atoms with Crippen LogP contribution in [0.4, 0.5) is 5.69 Å². The molecule has 0 radical (unpaired) electrons. The number of anilines is 1. The van der Waals surface area contributed by atoms with E-state index in [-0.39, 0.29) is 5.91 Å². The summed E-state index contributed by atoms with van der Waals surface area (Å²) in [7, 11) is 1.62. The van der Waals surface area contributed by atoms with E-state index in [1.165, 1.54) is 5.56 Å². The lowest BCUT2D eigenvalue weighted by Crippen LogP contribution is -2.11. The van der Waals surface area contributed by atoms with Gasteiger partial charge < -0.3 is 10.1 Å². The fourth-order valence-electron chi connectivity index (χ4n) is 2.18. The summed E-state index contributed by atoms with van der Waals surface area (Å²) in [5.74, 6) is 2.62. The number of amides is 1. The molecule has 1 heterocycles. The molecule has 1 aliphatic heterocycles. The number of ether oxygens (including phenoxy) is 1. The van der Waals surface area contributed by atoms with Crippen LogP contribution in [0.25, 0.3) is 0 Å². The molecule has 2 aromatic rings. The lowest BCUT2D eigenvalue weighted by atomic mass is 10.1. The van der Waals surface area contributed by atoms with Crippen molar-refractivity contribution in [1.82, 2.24) is 0 Å². The van der Waals surface area contributed by atoms with Gasteiger partial charge in [0.1, 0.15) is 10.1 Å². The van der Waals surface area contributed by atoms with Crippen LogP contribution in [0.3, 0.4) is 0 Å². The van der Waals surface area contributed by atoms with Crippen molar-refractivity contribution in [3.63, 3.8) is 0 Å². The maximum atomic E-state index is 12.3.